The zero-order chi connectivity index (χ0) is 15.5. The maximum atomic E-state index is 12.4. The third-order valence-corrected chi connectivity index (χ3v) is 3.44. The second-order valence-electron chi connectivity index (χ2n) is 4.93. The summed E-state index contributed by atoms with van der Waals surface area (Å²) in [5.74, 6) is -0.537. The minimum Gasteiger partial charge on any atom is -0.395 e. The molecule has 1 atom stereocenters. The van der Waals surface area contributed by atoms with Crippen LogP contribution in [0.2, 0.25) is 0 Å². The van der Waals surface area contributed by atoms with Gasteiger partial charge in [-0.15, -0.1) is 0 Å². The molecule has 1 aliphatic heterocycles. The van der Waals surface area contributed by atoms with Gasteiger partial charge in [-0.25, -0.2) is 0 Å². The van der Waals surface area contributed by atoms with Crippen LogP contribution < -0.4 is 4.90 Å². The predicted molar refractivity (Wildman–Crippen MR) is 71.9 cm³/mol. The van der Waals surface area contributed by atoms with Crippen molar-refractivity contribution in [3.63, 3.8) is 0 Å². The minimum atomic E-state index is -4.39. The van der Waals surface area contributed by atoms with E-state index >= 15 is 0 Å². The summed E-state index contributed by atoms with van der Waals surface area (Å²) in [6, 6.07) is 8.28. The lowest BCUT2D eigenvalue weighted by Crippen LogP contribution is -2.45. The SMILES string of the molecule is O=C1C(N(CCO)c2ccccc2)CCN1CC(F)(F)F. The van der Waals surface area contributed by atoms with Crippen LogP contribution in [-0.2, 0) is 4.79 Å². The number of amides is 1. The number of carbonyl (C=O) groups excluding carboxylic acids is 1. The van der Waals surface area contributed by atoms with Crippen molar-refractivity contribution in [1.29, 1.82) is 0 Å². The lowest BCUT2D eigenvalue weighted by Gasteiger charge is -2.29. The van der Waals surface area contributed by atoms with Gasteiger partial charge in [-0.3, -0.25) is 4.79 Å². The van der Waals surface area contributed by atoms with Gasteiger partial charge in [0, 0.05) is 18.8 Å². The van der Waals surface area contributed by atoms with Crippen molar-refractivity contribution in [1.82, 2.24) is 4.90 Å². The van der Waals surface area contributed by atoms with Crippen LogP contribution in [-0.4, -0.2) is 54.4 Å². The first-order valence-corrected chi connectivity index (χ1v) is 6.70. The summed E-state index contributed by atoms with van der Waals surface area (Å²) in [5, 5.41) is 9.15. The molecule has 0 aromatic heterocycles. The van der Waals surface area contributed by atoms with Crippen molar-refractivity contribution in [2.24, 2.45) is 0 Å². The molecule has 0 aliphatic carbocycles. The highest BCUT2D eigenvalue weighted by atomic mass is 19.4. The Hall–Kier alpha value is -1.76. The molecule has 1 N–H and O–H groups in total. The number of anilines is 1. The zero-order valence-corrected chi connectivity index (χ0v) is 11.4. The summed E-state index contributed by atoms with van der Waals surface area (Å²) in [5.41, 5.74) is 0.721. The van der Waals surface area contributed by atoms with Gasteiger partial charge in [-0.05, 0) is 18.6 Å². The second kappa shape index (κ2) is 6.34. The molecule has 2 rings (SSSR count). The van der Waals surface area contributed by atoms with Crippen molar-refractivity contribution < 1.29 is 23.1 Å². The van der Waals surface area contributed by atoms with Crippen LogP contribution in [0, 0.1) is 0 Å². The molecular formula is C14H17F3N2O2. The number of benzene rings is 1. The highest BCUT2D eigenvalue weighted by molar-refractivity contribution is 5.87. The van der Waals surface area contributed by atoms with Gasteiger partial charge in [-0.1, -0.05) is 18.2 Å². The summed E-state index contributed by atoms with van der Waals surface area (Å²) in [7, 11) is 0. The summed E-state index contributed by atoms with van der Waals surface area (Å²) < 4.78 is 37.3. The monoisotopic (exact) mass is 302 g/mol. The van der Waals surface area contributed by atoms with Gasteiger partial charge in [0.05, 0.1) is 6.61 Å². The molecule has 1 unspecified atom stereocenters. The van der Waals surface area contributed by atoms with E-state index in [0.717, 1.165) is 10.6 Å². The molecule has 1 aromatic rings. The van der Waals surface area contributed by atoms with Gasteiger partial charge < -0.3 is 14.9 Å². The van der Waals surface area contributed by atoms with Crippen LogP contribution in [0.4, 0.5) is 18.9 Å². The molecule has 7 heteroatoms. The van der Waals surface area contributed by atoms with Crippen molar-refractivity contribution >= 4 is 11.6 Å². The Morgan fingerprint density at radius 1 is 1.29 bits per heavy atom. The standard InChI is InChI=1S/C14H17F3N2O2/c15-14(16,17)10-18-7-6-12(13(18)21)19(8-9-20)11-4-2-1-3-5-11/h1-5,12,20H,6-10H2. The quantitative estimate of drug-likeness (QED) is 0.899. The Bertz CT molecular complexity index is 479. The molecule has 1 aliphatic rings. The molecule has 1 fully saturated rings. The van der Waals surface area contributed by atoms with E-state index in [0.29, 0.717) is 6.42 Å². The van der Waals surface area contributed by atoms with E-state index < -0.39 is 24.7 Å². The fraction of sp³-hybridized carbons (Fsp3) is 0.500. The minimum absolute atomic E-state index is 0.0811. The molecule has 1 heterocycles. The Morgan fingerprint density at radius 3 is 2.52 bits per heavy atom. The number of nitrogens with zero attached hydrogens (tertiary/aromatic N) is 2. The topological polar surface area (TPSA) is 43.8 Å². The molecule has 21 heavy (non-hydrogen) atoms. The average molecular weight is 302 g/mol. The number of hydrogen-bond acceptors (Lipinski definition) is 3. The van der Waals surface area contributed by atoms with Crippen molar-refractivity contribution in [2.45, 2.75) is 18.6 Å². The van der Waals surface area contributed by atoms with Crippen LogP contribution in [0.5, 0.6) is 0 Å². The number of hydrogen-bond donors (Lipinski definition) is 1. The zero-order valence-electron chi connectivity index (χ0n) is 11.4. The number of halogens is 3. The van der Waals surface area contributed by atoms with Gasteiger partial charge in [-0.2, -0.15) is 13.2 Å². The largest absolute Gasteiger partial charge is 0.406 e. The Balaban J connectivity index is 2.14. The van der Waals surface area contributed by atoms with Crippen LogP contribution in [0.3, 0.4) is 0 Å². The normalized spacial score (nSPS) is 19.1. The number of likely N-dealkylation sites (tertiary alicyclic amines) is 1. The number of carbonyl (C=O) groups is 1. The van der Waals surface area contributed by atoms with Crippen molar-refractivity contribution in [3.05, 3.63) is 30.3 Å². The van der Waals surface area contributed by atoms with Crippen molar-refractivity contribution in [3.8, 4) is 0 Å². The van der Waals surface area contributed by atoms with E-state index in [1.54, 1.807) is 29.2 Å². The van der Waals surface area contributed by atoms with Gasteiger partial charge in [0.2, 0.25) is 5.91 Å². The second-order valence-corrected chi connectivity index (χ2v) is 4.93. The third-order valence-electron chi connectivity index (χ3n) is 3.44. The Labute approximate surface area is 120 Å². The first-order valence-electron chi connectivity index (χ1n) is 6.70. The maximum Gasteiger partial charge on any atom is 0.406 e. The number of alkyl halides is 3. The van der Waals surface area contributed by atoms with Gasteiger partial charge in [0.15, 0.2) is 0 Å². The number of aliphatic hydroxyl groups is 1. The molecule has 1 aromatic carbocycles. The molecule has 4 nitrogen and oxygen atoms in total. The number of rotatable bonds is 5. The van der Waals surface area contributed by atoms with E-state index in [1.165, 1.54) is 0 Å². The molecule has 0 saturated carbocycles. The van der Waals surface area contributed by atoms with Gasteiger partial charge in [0.25, 0.3) is 0 Å². The number of para-hydroxylation sites is 1. The van der Waals surface area contributed by atoms with Crippen LogP contribution in [0.1, 0.15) is 6.42 Å². The number of aliphatic hydroxyl groups excluding tert-OH is 1. The fourth-order valence-electron chi connectivity index (χ4n) is 2.58. The molecule has 0 spiro atoms. The molecule has 1 amide bonds. The summed E-state index contributed by atoms with van der Waals surface area (Å²) in [6.45, 7) is -1.10. The Morgan fingerprint density at radius 2 is 1.95 bits per heavy atom. The molecular weight excluding hydrogens is 285 g/mol. The molecule has 0 bridgehead atoms. The highest BCUT2D eigenvalue weighted by Crippen LogP contribution is 2.26. The average Bonchev–Trinajstić information content (AvgIpc) is 2.77. The fourth-order valence-corrected chi connectivity index (χ4v) is 2.58. The first kappa shape index (κ1) is 15.6. The maximum absolute atomic E-state index is 12.4. The van der Waals surface area contributed by atoms with Crippen LogP contribution >= 0.6 is 0 Å². The molecule has 116 valence electrons. The van der Waals surface area contributed by atoms with Gasteiger partial charge >= 0.3 is 6.18 Å². The van der Waals surface area contributed by atoms with E-state index in [2.05, 4.69) is 0 Å². The summed E-state index contributed by atoms with van der Waals surface area (Å²) >= 11 is 0. The van der Waals surface area contributed by atoms with Crippen LogP contribution in [0.25, 0.3) is 0 Å². The van der Waals surface area contributed by atoms with Crippen molar-refractivity contribution in [2.75, 3.05) is 31.1 Å². The lowest BCUT2D eigenvalue weighted by molar-refractivity contribution is -0.157. The highest BCUT2D eigenvalue weighted by Gasteiger charge is 2.41. The van der Waals surface area contributed by atoms with E-state index in [4.69, 9.17) is 5.11 Å². The summed E-state index contributed by atoms with van der Waals surface area (Å²) in [6.07, 6.45) is -4.07. The molecule has 1 saturated heterocycles. The molecule has 0 radical (unpaired) electrons. The van der Waals surface area contributed by atoms with E-state index in [-0.39, 0.29) is 19.7 Å². The van der Waals surface area contributed by atoms with E-state index in [9.17, 15) is 18.0 Å². The van der Waals surface area contributed by atoms with E-state index in [1.807, 2.05) is 6.07 Å². The first-order chi connectivity index (χ1) is 9.92. The van der Waals surface area contributed by atoms with Crippen LogP contribution in [0.15, 0.2) is 30.3 Å². The Kier molecular flexibility index (Phi) is 4.72. The third kappa shape index (κ3) is 3.87. The lowest BCUT2D eigenvalue weighted by atomic mass is 10.1. The predicted octanol–water partition coefficient (Wildman–Crippen LogP) is 1.65. The smallest absolute Gasteiger partial charge is 0.395 e. The van der Waals surface area contributed by atoms with Gasteiger partial charge in [0.1, 0.15) is 12.6 Å². The summed E-state index contributed by atoms with van der Waals surface area (Å²) in [4.78, 5) is 14.7.